The molecule has 5 heteroatoms. The van der Waals surface area contributed by atoms with Gasteiger partial charge in [-0.1, -0.05) is 12.1 Å². The molecule has 2 N–H and O–H groups in total. The van der Waals surface area contributed by atoms with Crippen molar-refractivity contribution in [2.75, 3.05) is 26.2 Å². The number of hydrogen-bond donors (Lipinski definition) is 1. The van der Waals surface area contributed by atoms with Crippen molar-refractivity contribution in [3.8, 4) is 0 Å². The molecule has 23 heavy (non-hydrogen) atoms. The van der Waals surface area contributed by atoms with E-state index in [1.54, 1.807) is 0 Å². The standard InChI is InChI=1S/C18H26F2N2O/c19-15-3-1-13(2-4-15)11-14-5-8-22(9-6-14)12-17-18(21)16(20)7-10-23-17/h1-4,14,16-18H,5-12,21H2/t16-,17+,18+/m0/s1. The number of alkyl halides is 1. The van der Waals surface area contributed by atoms with E-state index in [0.29, 0.717) is 18.9 Å². The second-order valence-corrected chi connectivity index (χ2v) is 6.87. The van der Waals surface area contributed by atoms with Crippen LogP contribution in [0.1, 0.15) is 24.8 Å². The van der Waals surface area contributed by atoms with Crippen molar-refractivity contribution in [2.45, 2.75) is 44.0 Å². The van der Waals surface area contributed by atoms with E-state index in [2.05, 4.69) is 4.90 Å². The van der Waals surface area contributed by atoms with Gasteiger partial charge in [0.05, 0.1) is 12.1 Å². The van der Waals surface area contributed by atoms with E-state index in [-0.39, 0.29) is 11.9 Å². The van der Waals surface area contributed by atoms with Gasteiger partial charge in [0.1, 0.15) is 12.0 Å². The first kappa shape index (κ1) is 16.8. The highest BCUT2D eigenvalue weighted by atomic mass is 19.1. The molecule has 0 spiro atoms. The third kappa shape index (κ3) is 4.49. The number of nitrogens with zero attached hydrogens (tertiary/aromatic N) is 1. The Labute approximate surface area is 136 Å². The van der Waals surface area contributed by atoms with E-state index < -0.39 is 12.2 Å². The lowest BCUT2D eigenvalue weighted by atomic mass is 9.89. The highest BCUT2D eigenvalue weighted by molar-refractivity contribution is 5.16. The lowest BCUT2D eigenvalue weighted by molar-refractivity contribution is -0.0525. The van der Waals surface area contributed by atoms with E-state index >= 15 is 0 Å². The molecule has 3 atom stereocenters. The van der Waals surface area contributed by atoms with Gasteiger partial charge in [-0.05, 0) is 56.0 Å². The minimum Gasteiger partial charge on any atom is -0.375 e. The van der Waals surface area contributed by atoms with Crippen LogP contribution in [0, 0.1) is 11.7 Å². The SMILES string of the molecule is N[C@@H]1[C@@H](F)CCO[C@@H]1CN1CCC(Cc2ccc(F)cc2)CC1. The van der Waals surface area contributed by atoms with E-state index in [1.165, 1.54) is 17.7 Å². The molecule has 3 nitrogen and oxygen atoms in total. The predicted molar refractivity (Wildman–Crippen MR) is 86.5 cm³/mol. The maximum atomic E-state index is 13.7. The Balaban J connectivity index is 1.44. The average Bonchev–Trinajstić information content (AvgIpc) is 2.56. The normalized spacial score (nSPS) is 30.5. The van der Waals surface area contributed by atoms with Gasteiger partial charge in [-0.2, -0.15) is 0 Å². The lowest BCUT2D eigenvalue weighted by Gasteiger charge is -2.38. The molecule has 3 rings (SSSR count). The van der Waals surface area contributed by atoms with Crippen molar-refractivity contribution in [2.24, 2.45) is 11.7 Å². The Kier molecular flexibility index (Phi) is 5.62. The van der Waals surface area contributed by atoms with Crippen molar-refractivity contribution in [3.05, 3.63) is 35.6 Å². The van der Waals surface area contributed by atoms with Crippen molar-refractivity contribution in [1.82, 2.24) is 4.90 Å². The number of rotatable bonds is 4. The van der Waals surface area contributed by atoms with Crippen LogP contribution in [0.2, 0.25) is 0 Å². The van der Waals surface area contributed by atoms with Crippen LogP contribution in [-0.2, 0) is 11.2 Å². The molecule has 128 valence electrons. The Morgan fingerprint density at radius 1 is 1.13 bits per heavy atom. The van der Waals surface area contributed by atoms with Crippen LogP contribution in [0.5, 0.6) is 0 Å². The molecule has 2 heterocycles. The molecule has 0 unspecified atom stereocenters. The zero-order chi connectivity index (χ0) is 16.2. The summed E-state index contributed by atoms with van der Waals surface area (Å²) < 4.78 is 32.3. The third-order valence-electron chi connectivity index (χ3n) is 5.16. The molecule has 0 radical (unpaired) electrons. The maximum absolute atomic E-state index is 13.7. The van der Waals surface area contributed by atoms with E-state index in [1.807, 2.05) is 12.1 Å². The third-order valence-corrected chi connectivity index (χ3v) is 5.16. The summed E-state index contributed by atoms with van der Waals surface area (Å²) in [5.41, 5.74) is 7.12. The topological polar surface area (TPSA) is 38.5 Å². The number of likely N-dealkylation sites (tertiary alicyclic amines) is 1. The largest absolute Gasteiger partial charge is 0.375 e. The number of nitrogens with two attached hydrogens (primary N) is 1. The van der Waals surface area contributed by atoms with Gasteiger partial charge in [0, 0.05) is 19.6 Å². The fourth-order valence-electron chi connectivity index (χ4n) is 3.62. The molecule has 2 fully saturated rings. The monoisotopic (exact) mass is 324 g/mol. The van der Waals surface area contributed by atoms with Crippen LogP contribution in [0.3, 0.4) is 0 Å². The molecule has 0 aliphatic carbocycles. The van der Waals surface area contributed by atoms with Crippen LogP contribution in [-0.4, -0.2) is 49.5 Å². The van der Waals surface area contributed by atoms with Crippen molar-refractivity contribution in [1.29, 1.82) is 0 Å². The summed E-state index contributed by atoms with van der Waals surface area (Å²) >= 11 is 0. The van der Waals surface area contributed by atoms with E-state index in [0.717, 1.165) is 38.9 Å². The van der Waals surface area contributed by atoms with Crippen LogP contribution in [0.15, 0.2) is 24.3 Å². The Morgan fingerprint density at radius 3 is 2.52 bits per heavy atom. The number of ether oxygens (including phenoxy) is 1. The Morgan fingerprint density at radius 2 is 1.83 bits per heavy atom. The van der Waals surface area contributed by atoms with Gasteiger partial charge < -0.3 is 15.4 Å². The summed E-state index contributed by atoms with van der Waals surface area (Å²) in [6.45, 7) is 3.19. The van der Waals surface area contributed by atoms with Crippen LogP contribution in [0.4, 0.5) is 8.78 Å². The van der Waals surface area contributed by atoms with E-state index in [4.69, 9.17) is 10.5 Å². The van der Waals surface area contributed by atoms with Crippen molar-refractivity contribution < 1.29 is 13.5 Å². The summed E-state index contributed by atoms with van der Waals surface area (Å²) in [4.78, 5) is 2.34. The van der Waals surface area contributed by atoms with Crippen molar-refractivity contribution >= 4 is 0 Å². The highest BCUT2D eigenvalue weighted by Crippen LogP contribution is 2.24. The Bertz CT molecular complexity index is 488. The van der Waals surface area contributed by atoms with Gasteiger partial charge in [-0.15, -0.1) is 0 Å². The molecule has 2 saturated heterocycles. The summed E-state index contributed by atoms with van der Waals surface area (Å²) in [6, 6.07) is 6.30. The summed E-state index contributed by atoms with van der Waals surface area (Å²) in [5.74, 6) is 0.449. The lowest BCUT2D eigenvalue weighted by Crippen LogP contribution is -2.54. The maximum Gasteiger partial charge on any atom is 0.123 e. The first-order valence-corrected chi connectivity index (χ1v) is 8.60. The van der Waals surface area contributed by atoms with Gasteiger partial charge in [0.2, 0.25) is 0 Å². The molecule has 0 amide bonds. The van der Waals surface area contributed by atoms with Crippen LogP contribution in [0.25, 0.3) is 0 Å². The van der Waals surface area contributed by atoms with Gasteiger partial charge in [0.15, 0.2) is 0 Å². The minimum absolute atomic E-state index is 0.182. The summed E-state index contributed by atoms with van der Waals surface area (Å²) in [7, 11) is 0. The second kappa shape index (κ2) is 7.69. The van der Waals surface area contributed by atoms with Gasteiger partial charge in [0.25, 0.3) is 0 Å². The van der Waals surface area contributed by atoms with E-state index in [9.17, 15) is 8.78 Å². The van der Waals surface area contributed by atoms with Crippen LogP contribution < -0.4 is 5.73 Å². The molecule has 2 aliphatic heterocycles. The zero-order valence-corrected chi connectivity index (χ0v) is 13.5. The smallest absolute Gasteiger partial charge is 0.123 e. The number of halogens is 2. The Hall–Kier alpha value is -1.04. The molecule has 0 aromatic heterocycles. The fraction of sp³-hybridized carbons (Fsp3) is 0.667. The molecule has 0 bridgehead atoms. The second-order valence-electron chi connectivity index (χ2n) is 6.87. The molecular weight excluding hydrogens is 298 g/mol. The van der Waals surface area contributed by atoms with Gasteiger partial charge in [-0.3, -0.25) is 0 Å². The first-order chi connectivity index (χ1) is 11.1. The van der Waals surface area contributed by atoms with Crippen molar-refractivity contribution in [3.63, 3.8) is 0 Å². The fourth-order valence-corrected chi connectivity index (χ4v) is 3.62. The zero-order valence-electron chi connectivity index (χ0n) is 13.5. The number of piperidine rings is 1. The highest BCUT2D eigenvalue weighted by Gasteiger charge is 2.33. The quantitative estimate of drug-likeness (QED) is 0.925. The average molecular weight is 324 g/mol. The summed E-state index contributed by atoms with van der Waals surface area (Å²) in [5, 5.41) is 0. The van der Waals surface area contributed by atoms with Gasteiger partial charge >= 0.3 is 0 Å². The molecule has 1 aromatic carbocycles. The first-order valence-electron chi connectivity index (χ1n) is 8.60. The molecule has 0 saturated carbocycles. The molecule has 2 aliphatic rings. The minimum atomic E-state index is -0.940. The number of benzene rings is 1. The number of hydrogen-bond acceptors (Lipinski definition) is 3. The van der Waals surface area contributed by atoms with Crippen LogP contribution >= 0.6 is 0 Å². The van der Waals surface area contributed by atoms with Gasteiger partial charge in [-0.25, -0.2) is 8.78 Å². The molecule has 1 aromatic rings. The summed E-state index contributed by atoms with van der Waals surface area (Å²) in [6.07, 6.45) is 2.51. The predicted octanol–water partition coefficient (Wildman–Crippen LogP) is 2.53. The molecular formula is C18H26F2N2O.